The largest absolute Gasteiger partial charge is 0.459 e. The molecule has 0 bridgehead atoms. The Kier molecular flexibility index (Phi) is 21.9. The molecular formula is C46H71N5O8. The van der Waals surface area contributed by atoms with Gasteiger partial charge in [0, 0.05) is 12.8 Å². The van der Waals surface area contributed by atoms with Gasteiger partial charge < -0.3 is 36.4 Å². The Bertz CT molecular complexity index is 1620. The number of hydrogen-bond acceptors (Lipinski definition) is 8. The molecule has 0 heterocycles. The SMILES string of the molecule is CC[C@H](C)[C@H](NC(=O)CC[C@H](O)[C@H](Cc1ccccc1)NC(=O)C(NC(=O)C(CC(C)C)NC(=O)CC(C)C)C(C)C)C(=O)NC(C(=O)OCc1ccccc1)C(C)C. The molecule has 2 aromatic rings. The summed E-state index contributed by atoms with van der Waals surface area (Å²) in [5.41, 5.74) is 1.65. The van der Waals surface area contributed by atoms with E-state index >= 15 is 0 Å². The van der Waals surface area contributed by atoms with Crippen LogP contribution in [0.15, 0.2) is 60.7 Å². The van der Waals surface area contributed by atoms with Crippen LogP contribution in [0.1, 0.15) is 112 Å². The van der Waals surface area contributed by atoms with Gasteiger partial charge in [0.15, 0.2) is 0 Å². The monoisotopic (exact) mass is 822 g/mol. The van der Waals surface area contributed by atoms with Crippen LogP contribution < -0.4 is 26.6 Å². The van der Waals surface area contributed by atoms with Gasteiger partial charge in [-0.15, -0.1) is 0 Å². The number of benzene rings is 2. The molecule has 13 heteroatoms. The predicted octanol–water partition coefficient (Wildman–Crippen LogP) is 4.99. The van der Waals surface area contributed by atoms with Gasteiger partial charge in [0.25, 0.3) is 0 Å². The number of nitrogens with one attached hydrogen (secondary N) is 5. The lowest BCUT2D eigenvalue weighted by Gasteiger charge is -2.30. The molecule has 2 rings (SSSR count). The van der Waals surface area contributed by atoms with Crippen molar-refractivity contribution in [3.63, 3.8) is 0 Å². The van der Waals surface area contributed by atoms with Crippen molar-refractivity contribution >= 4 is 35.5 Å². The van der Waals surface area contributed by atoms with E-state index in [0.717, 1.165) is 11.1 Å². The van der Waals surface area contributed by atoms with Crippen LogP contribution in [0.4, 0.5) is 0 Å². The van der Waals surface area contributed by atoms with Crippen molar-refractivity contribution in [3.8, 4) is 0 Å². The molecular weight excluding hydrogens is 751 g/mol. The van der Waals surface area contributed by atoms with Crippen molar-refractivity contribution in [1.82, 2.24) is 26.6 Å². The standard InChI is InChI=1S/C46H71N5O8/c1-11-32(10)42(45(57)51-41(31(8)9)46(58)59-27-34-20-16-13-17-21-34)49-38(53)23-22-37(52)35(26-33-18-14-12-15-19-33)48-44(56)40(30(6)7)50-43(55)36(24-28(2)3)47-39(54)25-29(4)5/h12-21,28-32,35-37,40-42,52H,11,22-27H2,1-10H3,(H,47,54)(H,48,56)(H,49,53)(H,50,55)(H,51,57)/t32-,35-,36?,37-,40?,41?,42-/m0/s1. The average molecular weight is 822 g/mol. The van der Waals surface area contributed by atoms with Gasteiger partial charge in [-0.2, -0.15) is 0 Å². The van der Waals surface area contributed by atoms with Crippen molar-refractivity contribution in [3.05, 3.63) is 71.8 Å². The van der Waals surface area contributed by atoms with E-state index in [0.29, 0.717) is 12.8 Å². The molecule has 13 nitrogen and oxygen atoms in total. The fourth-order valence-electron chi connectivity index (χ4n) is 6.53. The molecule has 5 amide bonds. The first kappa shape index (κ1) is 50.4. The van der Waals surface area contributed by atoms with Gasteiger partial charge >= 0.3 is 5.97 Å². The second kappa shape index (κ2) is 25.6. The van der Waals surface area contributed by atoms with E-state index in [2.05, 4.69) is 26.6 Å². The lowest BCUT2D eigenvalue weighted by Crippen LogP contribution is -2.58. The molecule has 0 saturated heterocycles. The van der Waals surface area contributed by atoms with Gasteiger partial charge in [-0.25, -0.2) is 4.79 Å². The number of rotatable bonds is 25. The fourth-order valence-corrected chi connectivity index (χ4v) is 6.53. The van der Waals surface area contributed by atoms with Gasteiger partial charge in [-0.05, 0) is 60.0 Å². The number of hydrogen-bond donors (Lipinski definition) is 6. The molecule has 0 aromatic heterocycles. The summed E-state index contributed by atoms with van der Waals surface area (Å²) in [5, 5.41) is 25.8. The van der Waals surface area contributed by atoms with Gasteiger partial charge in [-0.1, -0.05) is 136 Å². The zero-order chi connectivity index (χ0) is 44.2. The summed E-state index contributed by atoms with van der Waals surface area (Å²) in [7, 11) is 0. The molecule has 59 heavy (non-hydrogen) atoms. The third-order valence-corrected chi connectivity index (χ3v) is 10.2. The summed E-state index contributed by atoms with van der Waals surface area (Å²) in [6, 6.07) is 14.0. The normalized spacial score (nSPS) is 15.0. The summed E-state index contributed by atoms with van der Waals surface area (Å²) in [6.07, 6.45) is 0.0692. The summed E-state index contributed by atoms with van der Waals surface area (Å²) in [6.45, 7) is 18.7. The number of aliphatic hydroxyl groups excluding tert-OH is 1. The van der Waals surface area contributed by atoms with Crippen molar-refractivity contribution in [1.29, 1.82) is 0 Å². The molecule has 6 N–H and O–H groups in total. The lowest BCUT2D eigenvalue weighted by molar-refractivity contribution is -0.150. The van der Waals surface area contributed by atoms with E-state index in [4.69, 9.17) is 4.74 Å². The highest BCUT2D eigenvalue weighted by molar-refractivity contribution is 5.93. The first-order valence-electron chi connectivity index (χ1n) is 21.2. The number of amides is 5. The number of carbonyl (C=O) groups is 6. The molecule has 0 radical (unpaired) electrons. The van der Waals surface area contributed by atoms with E-state index in [9.17, 15) is 33.9 Å². The average Bonchev–Trinajstić information content (AvgIpc) is 3.18. The Morgan fingerprint density at radius 1 is 0.610 bits per heavy atom. The predicted molar refractivity (Wildman–Crippen MR) is 229 cm³/mol. The molecule has 0 aliphatic rings. The van der Waals surface area contributed by atoms with Gasteiger partial charge in [0.05, 0.1) is 12.1 Å². The van der Waals surface area contributed by atoms with Crippen LogP contribution in [0, 0.1) is 29.6 Å². The molecule has 0 saturated carbocycles. The van der Waals surface area contributed by atoms with E-state index in [1.165, 1.54) is 0 Å². The van der Waals surface area contributed by atoms with Crippen LogP contribution in [0.2, 0.25) is 0 Å². The topological polar surface area (TPSA) is 192 Å². The smallest absolute Gasteiger partial charge is 0.329 e. The minimum Gasteiger partial charge on any atom is -0.459 e. The lowest BCUT2D eigenvalue weighted by atomic mass is 9.95. The highest BCUT2D eigenvalue weighted by atomic mass is 16.5. The number of carbonyl (C=O) groups excluding carboxylic acids is 6. The Morgan fingerprint density at radius 2 is 1.15 bits per heavy atom. The van der Waals surface area contributed by atoms with E-state index < -0.39 is 65.9 Å². The summed E-state index contributed by atoms with van der Waals surface area (Å²) >= 11 is 0. The Labute approximate surface area is 352 Å². The van der Waals surface area contributed by atoms with Gasteiger partial charge in [0.1, 0.15) is 30.8 Å². The molecule has 0 spiro atoms. The number of ether oxygens (including phenoxy) is 1. The molecule has 3 unspecified atom stereocenters. The summed E-state index contributed by atoms with van der Waals surface area (Å²) in [4.78, 5) is 80.3. The van der Waals surface area contributed by atoms with Crippen molar-refractivity contribution in [2.75, 3.05) is 0 Å². The van der Waals surface area contributed by atoms with Crippen LogP contribution in [-0.2, 0) is 46.5 Å². The quantitative estimate of drug-likeness (QED) is 0.0755. The Balaban J connectivity index is 2.18. The molecule has 7 atom stereocenters. The maximum Gasteiger partial charge on any atom is 0.329 e. The maximum atomic E-state index is 13.9. The Hall–Kier alpha value is -4.78. The second-order valence-corrected chi connectivity index (χ2v) is 17.2. The zero-order valence-corrected chi connectivity index (χ0v) is 36.9. The molecule has 0 aliphatic heterocycles. The first-order chi connectivity index (χ1) is 27.8. The van der Waals surface area contributed by atoms with E-state index in [-0.39, 0.29) is 67.8 Å². The van der Waals surface area contributed by atoms with Gasteiger partial charge in [-0.3, -0.25) is 24.0 Å². The van der Waals surface area contributed by atoms with Crippen LogP contribution in [-0.4, -0.2) is 76.9 Å². The second-order valence-electron chi connectivity index (χ2n) is 17.2. The molecule has 328 valence electrons. The summed E-state index contributed by atoms with van der Waals surface area (Å²) < 4.78 is 5.52. The van der Waals surface area contributed by atoms with Crippen LogP contribution in [0.3, 0.4) is 0 Å². The third kappa shape index (κ3) is 18.4. The van der Waals surface area contributed by atoms with Crippen LogP contribution in [0.25, 0.3) is 0 Å². The highest BCUT2D eigenvalue weighted by Crippen LogP contribution is 2.16. The highest BCUT2D eigenvalue weighted by Gasteiger charge is 2.34. The minimum absolute atomic E-state index is 0.0457. The molecule has 0 aliphatic carbocycles. The zero-order valence-electron chi connectivity index (χ0n) is 36.9. The van der Waals surface area contributed by atoms with Crippen molar-refractivity contribution in [2.24, 2.45) is 29.6 Å². The minimum atomic E-state index is -1.18. The Morgan fingerprint density at radius 3 is 1.68 bits per heavy atom. The van der Waals surface area contributed by atoms with E-state index in [1.807, 2.05) is 102 Å². The number of esters is 1. The number of aliphatic hydroxyl groups is 1. The van der Waals surface area contributed by atoms with E-state index in [1.54, 1.807) is 27.7 Å². The van der Waals surface area contributed by atoms with Gasteiger partial charge in [0.2, 0.25) is 29.5 Å². The third-order valence-electron chi connectivity index (χ3n) is 10.2. The molecule has 0 fully saturated rings. The summed E-state index contributed by atoms with van der Waals surface area (Å²) in [5.74, 6) is -3.50. The maximum absolute atomic E-state index is 13.9. The van der Waals surface area contributed by atoms with Crippen molar-refractivity contribution in [2.45, 2.75) is 151 Å². The van der Waals surface area contributed by atoms with Crippen molar-refractivity contribution < 1.29 is 38.6 Å². The fraction of sp³-hybridized carbons (Fsp3) is 0.609. The first-order valence-corrected chi connectivity index (χ1v) is 21.2. The molecule has 2 aromatic carbocycles. The van der Waals surface area contributed by atoms with Crippen LogP contribution >= 0.6 is 0 Å². The van der Waals surface area contributed by atoms with Crippen LogP contribution in [0.5, 0.6) is 0 Å².